The fraction of sp³-hybridized carbons (Fsp3) is 0.467. The number of halogens is 2. The van der Waals surface area contributed by atoms with Gasteiger partial charge < -0.3 is 10.2 Å². The first-order chi connectivity index (χ1) is 10.1. The molecule has 1 aromatic rings. The first-order valence-corrected chi connectivity index (χ1v) is 7.80. The van der Waals surface area contributed by atoms with E-state index in [-0.39, 0.29) is 24.8 Å². The van der Waals surface area contributed by atoms with Crippen LogP contribution in [0.25, 0.3) is 0 Å². The molecule has 1 aliphatic rings. The molecular formula is C15H18Cl2N2O2. The summed E-state index contributed by atoms with van der Waals surface area (Å²) in [7, 11) is 0. The number of carbonyl (C=O) groups is 2. The number of benzene rings is 1. The Kier molecular flexibility index (Phi) is 5.88. The number of hydrogen-bond acceptors (Lipinski definition) is 2. The molecule has 0 bridgehead atoms. The van der Waals surface area contributed by atoms with Crippen molar-refractivity contribution in [3.63, 3.8) is 0 Å². The molecule has 1 N–H and O–H groups in total. The summed E-state index contributed by atoms with van der Waals surface area (Å²) in [6.07, 6.45) is 3.40. The number of nitrogens with zero attached hydrogens (tertiary/aromatic N) is 1. The highest BCUT2D eigenvalue weighted by atomic mass is 35.5. The highest BCUT2D eigenvalue weighted by Gasteiger charge is 2.17. The van der Waals surface area contributed by atoms with Gasteiger partial charge in [-0.15, -0.1) is 0 Å². The summed E-state index contributed by atoms with van der Waals surface area (Å²) in [4.78, 5) is 25.6. The second-order valence-corrected chi connectivity index (χ2v) is 5.97. The molecule has 114 valence electrons. The molecule has 0 atom stereocenters. The molecule has 0 radical (unpaired) electrons. The fourth-order valence-electron chi connectivity index (χ4n) is 2.33. The van der Waals surface area contributed by atoms with Gasteiger partial charge in [0.2, 0.25) is 11.8 Å². The van der Waals surface area contributed by atoms with Gasteiger partial charge in [0.05, 0.1) is 13.0 Å². The highest BCUT2D eigenvalue weighted by molar-refractivity contribution is 6.35. The molecule has 1 heterocycles. The van der Waals surface area contributed by atoms with Crippen LogP contribution in [0.2, 0.25) is 10.0 Å². The minimum atomic E-state index is -0.218. The van der Waals surface area contributed by atoms with Crippen LogP contribution >= 0.6 is 23.2 Å². The lowest BCUT2D eigenvalue weighted by molar-refractivity contribution is -0.133. The molecule has 1 fully saturated rings. The number of piperidine rings is 1. The highest BCUT2D eigenvalue weighted by Crippen LogP contribution is 2.21. The molecular weight excluding hydrogens is 311 g/mol. The van der Waals surface area contributed by atoms with E-state index in [0.717, 1.165) is 25.9 Å². The zero-order chi connectivity index (χ0) is 15.2. The van der Waals surface area contributed by atoms with Crippen LogP contribution in [0.3, 0.4) is 0 Å². The Hall–Kier alpha value is -1.26. The maximum Gasteiger partial charge on any atom is 0.241 e. The zero-order valence-electron chi connectivity index (χ0n) is 11.7. The average molecular weight is 329 g/mol. The first kappa shape index (κ1) is 16.1. The Balaban J connectivity index is 1.80. The molecule has 6 heteroatoms. The smallest absolute Gasteiger partial charge is 0.241 e. The molecule has 0 spiro atoms. The molecule has 1 aliphatic heterocycles. The van der Waals surface area contributed by atoms with Gasteiger partial charge in [-0.25, -0.2) is 0 Å². The van der Waals surface area contributed by atoms with Crippen LogP contribution in [-0.2, 0) is 16.0 Å². The van der Waals surface area contributed by atoms with Crippen LogP contribution in [0.5, 0.6) is 0 Å². The lowest BCUT2D eigenvalue weighted by atomic mass is 10.1. The minimum Gasteiger partial charge on any atom is -0.347 e. The summed E-state index contributed by atoms with van der Waals surface area (Å²) >= 11 is 11.8. The van der Waals surface area contributed by atoms with Crippen molar-refractivity contribution < 1.29 is 9.59 Å². The molecule has 0 unspecified atom stereocenters. The number of hydrogen-bond donors (Lipinski definition) is 1. The van der Waals surface area contributed by atoms with E-state index in [1.165, 1.54) is 6.42 Å². The monoisotopic (exact) mass is 328 g/mol. The van der Waals surface area contributed by atoms with Crippen molar-refractivity contribution >= 4 is 35.0 Å². The van der Waals surface area contributed by atoms with Gasteiger partial charge in [-0.2, -0.15) is 0 Å². The van der Waals surface area contributed by atoms with Gasteiger partial charge in [0.15, 0.2) is 0 Å². The SMILES string of the molecule is O=C(Cc1ccc(Cl)cc1Cl)NCC(=O)N1CCCCC1. The first-order valence-electron chi connectivity index (χ1n) is 7.04. The molecule has 4 nitrogen and oxygen atoms in total. The van der Waals surface area contributed by atoms with Gasteiger partial charge in [0.25, 0.3) is 0 Å². The van der Waals surface area contributed by atoms with E-state index in [1.807, 2.05) is 0 Å². The Morgan fingerprint density at radius 1 is 1.14 bits per heavy atom. The standard InChI is InChI=1S/C15H18Cl2N2O2/c16-12-5-4-11(13(17)9-12)8-14(20)18-10-15(21)19-6-2-1-3-7-19/h4-5,9H,1-3,6-8,10H2,(H,18,20). The molecule has 1 aromatic carbocycles. The van der Waals surface area contributed by atoms with E-state index in [9.17, 15) is 9.59 Å². The largest absolute Gasteiger partial charge is 0.347 e. The van der Waals surface area contributed by atoms with Crippen molar-refractivity contribution in [2.45, 2.75) is 25.7 Å². The summed E-state index contributed by atoms with van der Waals surface area (Å²) in [6.45, 7) is 1.62. The van der Waals surface area contributed by atoms with E-state index in [1.54, 1.807) is 23.1 Å². The number of rotatable bonds is 4. The number of carbonyl (C=O) groups excluding carboxylic acids is 2. The molecule has 21 heavy (non-hydrogen) atoms. The van der Waals surface area contributed by atoms with Crippen molar-refractivity contribution in [2.24, 2.45) is 0 Å². The summed E-state index contributed by atoms with van der Waals surface area (Å²) in [5.41, 5.74) is 0.698. The van der Waals surface area contributed by atoms with E-state index in [0.29, 0.717) is 15.6 Å². The van der Waals surface area contributed by atoms with Crippen molar-refractivity contribution in [3.8, 4) is 0 Å². The maximum absolute atomic E-state index is 11.9. The molecule has 0 saturated carbocycles. The lowest BCUT2D eigenvalue weighted by Crippen LogP contribution is -2.42. The van der Waals surface area contributed by atoms with E-state index in [2.05, 4.69) is 5.32 Å². The number of amides is 2. The number of likely N-dealkylation sites (tertiary alicyclic amines) is 1. The quantitative estimate of drug-likeness (QED) is 0.923. The van der Waals surface area contributed by atoms with Crippen LogP contribution in [0.15, 0.2) is 18.2 Å². The Morgan fingerprint density at radius 2 is 1.86 bits per heavy atom. The van der Waals surface area contributed by atoms with Gasteiger partial charge in [0.1, 0.15) is 0 Å². The van der Waals surface area contributed by atoms with Crippen LogP contribution in [0, 0.1) is 0 Å². The molecule has 2 rings (SSSR count). The summed E-state index contributed by atoms with van der Waals surface area (Å²) in [6, 6.07) is 5.01. The minimum absolute atomic E-state index is 0.0229. The summed E-state index contributed by atoms with van der Waals surface area (Å²) in [5, 5.41) is 3.64. The van der Waals surface area contributed by atoms with Crippen molar-refractivity contribution in [2.75, 3.05) is 19.6 Å². The normalized spacial score (nSPS) is 14.9. The van der Waals surface area contributed by atoms with Gasteiger partial charge in [-0.05, 0) is 37.0 Å². The van der Waals surface area contributed by atoms with Crippen molar-refractivity contribution in [1.29, 1.82) is 0 Å². The third-order valence-electron chi connectivity index (χ3n) is 3.51. The van der Waals surface area contributed by atoms with Gasteiger partial charge in [0, 0.05) is 23.1 Å². The second kappa shape index (κ2) is 7.66. The second-order valence-electron chi connectivity index (χ2n) is 5.13. The van der Waals surface area contributed by atoms with Gasteiger partial charge >= 0.3 is 0 Å². The summed E-state index contributed by atoms with van der Waals surface area (Å²) < 4.78 is 0. The number of nitrogens with one attached hydrogen (secondary N) is 1. The van der Waals surface area contributed by atoms with Crippen LogP contribution in [0.4, 0.5) is 0 Å². The predicted octanol–water partition coefficient (Wildman–Crippen LogP) is 2.66. The van der Waals surface area contributed by atoms with Gasteiger partial charge in [-0.3, -0.25) is 9.59 Å². The average Bonchev–Trinajstić information content (AvgIpc) is 2.48. The molecule has 0 aliphatic carbocycles. The third-order valence-corrected chi connectivity index (χ3v) is 4.10. The fourth-order valence-corrected chi connectivity index (χ4v) is 2.81. The van der Waals surface area contributed by atoms with Crippen molar-refractivity contribution in [3.05, 3.63) is 33.8 Å². The summed E-state index contributed by atoms with van der Waals surface area (Å²) in [5.74, 6) is -0.241. The van der Waals surface area contributed by atoms with Crippen LogP contribution < -0.4 is 5.32 Å². The topological polar surface area (TPSA) is 49.4 Å². The molecule has 1 saturated heterocycles. The third kappa shape index (κ3) is 4.90. The van der Waals surface area contributed by atoms with Crippen LogP contribution in [0.1, 0.15) is 24.8 Å². The maximum atomic E-state index is 11.9. The van der Waals surface area contributed by atoms with E-state index in [4.69, 9.17) is 23.2 Å². The van der Waals surface area contributed by atoms with Crippen LogP contribution in [-0.4, -0.2) is 36.3 Å². The van der Waals surface area contributed by atoms with E-state index < -0.39 is 0 Å². The Bertz CT molecular complexity index is 528. The Morgan fingerprint density at radius 3 is 2.52 bits per heavy atom. The molecule has 2 amide bonds. The predicted molar refractivity (Wildman–Crippen MR) is 83.6 cm³/mol. The molecule has 0 aromatic heterocycles. The zero-order valence-corrected chi connectivity index (χ0v) is 13.2. The lowest BCUT2D eigenvalue weighted by Gasteiger charge is -2.26. The van der Waals surface area contributed by atoms with E-state index >= 15 is 0 Å². The Labute approximate surface area is 134 Å². The van der Waals surface area contributed by atoms with Crippen molar-refractivity contribution in [1.82, 2.24) is 10.2 Å². The van der Waals surface area contributed by atoms with Gasteiger partial charge in [-0.1, -0.05) is 29.3 Å².